The molecule has 1 atom stereocenters. The van der Waals surface area contributed by atoms with Crippen molar-refractivity contribution in [3.8, 4) is 0 Å². The first-order valence-electron chi connectivity index (χ1n) is 5.87. The maximum Gasteiger partial charge on any atom is 0.410 e. The van der Waals surface area contributed by atoms with Crippen molar-refractivity contribution < 1.29 is 19.2 Å². The lowest BCUT2D eigenvalue weighted by atomic mass is 9.76. The molecule has 94 valence electrons. The molecular formula is C11H18BNO4. The molecule has 1 saturated heterocycles. The van der Waals surface area contributed by atoms with E-state index in [1.807, 2.05) is 20.8 Å². The average molecular weight is 239 g/mol. The molecule has 6 heteroatoms. The van der Waals surface area contributed by atoms with Crippen molar-refractivity contribution in [2.75, 3.05) is 19.7 Å². The van der Waals surface area contributed by atoms with Crippen LogP contribution in [0.3, 0.4) is 0 Å². The van der Waals surface area contributed by atoms with Gasteiger partial charge in [-0.2, -0.15) is 0 Å². The minimum absolute atomic E-state index is 0.261. The van der Waals surface area contributed by atoms with E-state index in [4.69, 9.17) is 14.4 Å². The van der Waals surface area contributed by atoms with Gasteiger partial charge in [0.05, 0.1) is 6.61 Å². The predicted molar refractivity (Wildman–Crippen MR) is 63.8 cm³/mol. The normalized spacial score (nSPS) is 24.5. The van der Waals surface area contributed by atoms with Crippen LogP contribution in [0.2, 0.25) is 5.82 Å². The largest absolute Gasteiger partial charge is 0.444 e. The Bertz CT molecular complexity index is 331. The molecule has 0 N–H and O–H groups in total. The molecule has 1 unspecified atom stereocenters. The molecule has 0 aromatic carbocycles. The summed E-state index contributed by atoms with van der Waals surface area (Å²) in [6.07, 6.45) is 1.80. The zero-order valence-electron chi connectivity index (χ0n) is 10.6. The number of carbonyl (C=O) groups is 1. The fraction of sp³-hybridized carbons (Fsp3) is 0.727. The maximum atomic E-state index is 11.8. The van der Waals surface area contributed by atoms with Crippen LogP contribution in [0.25, 0.3) is 0 Å². The highest BCUT2D eigenvalue weighted by Gasteiger charge is 2.31. The fourth-order valence-corrected chi connectivity index (χ4v) is 1.86. The molecule has 2 heterocycles. The molecule has 0 radical (unpaired) electrons. The molecule has 0 aromatic heterocycles. The smallest absolute Gasteiger partial charge is 0.410 e. The summed E-state index contributed by atoms with van der Waals surface area (Å²) in [7, 11) is 0.577. The Kier molecular flexibility index (Phi) is 3.44. The second kappa shape index (κ2) is 4.70. The summed E-state index contributed by atoms with van der Waals surface area (Å²) >= 11 is 0. The number of rotatable bonds is 1. The first-order chi connectivity index (χ1) is 7.96. The lowest BCUT2D eigenvalue weighted by Crippen LogP contribution is -2.35. The predicted octanol–water partition coefficient (Wildman–Crippen LogP) is 1.27. The third-order valence-electron chi connectivity index (χ3n) is 2.75. The number of hydrogen-bond donors (Lipinski definition) is 0. The quantitative estimate of drug-likeness (QED) is 0.392. The van der Waals surface area contributed by atoms with Gasteiger partial charge in [0, 0.05) is 18.9 Å². The van der Waals surface area contributed by atoms with E-state index in [9.17, 15) is 4.79 Å². The molecule has 1 fully saturated rings. The van der Waals surface area contributed by atoms with Gasteiger partial charge >= 0.3 is 13.6 Å². The number of hydrogen-bond acceptors (Lipinski definition) is 4. The minimum atomic E-state index is -0.445. The van der Waals surface area contributed by atoms with Crippen LogP contribution >= 0.6 is 0 Å². The maximum absolute atomic E-state index is 11.8. The van der Waals surface area contributed by atoms with Gasteiger partial charge in [0.25, 0.3) is 0 Å². The molecule has 2 rings (SSSR count). The van der Waals surface area contributed by atoms with Gasteiger partial charge in [0.1, 0.15) is 5.60 Å². The Hall–Kier alpha value is -1.01. The molecule has 0 bridgehead atoms. The highest BCUT2D eigenvalue weighted by molar-refractivity contribution is 6.31. The third kappa shape index (κ3) is 3.23. The van der Waals surface area contributed by atoms with Crippen LogP contribution < -0.4 is 0 Å². The number of ether oxygens (including phenoxy) is 1. The van der Waals surface area contributed by atoms with Crippen LogP contribution in [-0.4, -0.2) is 43.8 Å². The number of nitrogens with zero attached hydrogens (tertiary/aromatic N) is 1. The van der Waals surface area contributed by atoms with Crippen molar-refractivity contribution in [1.29, 1.82) is 0 Å². The third-order valence-corrected chi connectivity index (χ3v) is 2.75. The zero-order chi connectivity index (χ0) is 12.5. The Morgan fingerprint density at radius 2 is 2.35 bits per heavy atom. The summed E-state index contributed by atoms with van der Waals surface area (Å²) in [5.41, 5.74) is 0.757. The Morgan fingerprint density at radius 1 is 1.59 bits per heavy atom. The van der Waals surface area contributed by atoms with Crippen LogP contribution in [0.4, 0.5) is 4.79 Å². The van der Waals surface area contributed by atoms with E-state index in [0.29, 0.717) is 27.2 Å². The highest BCUT2D eigenvalue weighted by atomic mass is 17.2. The Morgan fingerprint density at radius 3 is 2.94 bits per heavy atom. The van der Waals surface area contributed by atoms with Crippen LogP contribution in [0.5, 0.6) is 0 Å². The summed E-state index contributed by atoms with van der Waals surface area (Å²) in [4.78, 5) is 23.3. The molecule has 0 aliphatic carbocycles. The fourth-order valence-electron chi connectivity index (χ4n) is 1.86. The van der Waals surface area contributed by atoms with E-state index >= 15 is 0 Å². The monoisotopic (exact) mass is 239 g/mol. The van der Waals surface area contributed by atoms with Gasteiger partial charge in [0.2, 0.25) is 0 Å². The first kappa shape index (κ1) is 12.5. The van der Waals surface area contributed by atoms with Gasteiger partial charge < -0.3 is 14.4 Å². The molecule has 17 heavy (non-hydrogen) atoms. The first-order valence-corrected chi connectivity index (χ1v) is 5.87. The van der Waals surface area contributed by atoms with Gasteiger partial charge in [-0.25, -0.2) is 4.79 Å². The topological polar surface area (TPSA) is 48.0 Å². The van der Waals surface area contributed by atoms with Crippen molar-refractivity contribution >= 4 is 13.6 Å². The second-order valence-electron chi connectivity index (χ2n) is 5.41. The molecule has 0 aromatic rings. The van der Waals surface area contributed by atoms with Crippen LogP contribution in [0.1, 0.15) is 20.8 Å². The highest BCUT2D eigenvalue weighted by Crippen LogP contribution is 2.27. The molecule has 2 aliphatic rings. The lowest BCUT2D eigenvalue weighted by Gasteiger charge is -2.24. The molecule has 2 aliphatic heterocycles. The van der Waals surface area contributed by atoms with Crippen molar-refractivity contribution in [3.05, 3.63) is 11.6 Å². The van der Waals surface area contributed by atoms with E-state index in [1.165, 1.54) is 5.57 Å². The van der Waals surface area contributed by atoms with Crippen LogP contribution in [0, 0.1) is 0 Å². The van der Waals surface area contributed by atoms with Crippen LogP contribution in [-0.2, 0) is 14.4 Å². The van der Waals surface area contributed by atoms with Crippen molar-refractivity contribution in [3.63, 3.8) is 0 Å². The zero-order valence-corrected chi connectivity index (χ0v) is 10.6. The van der Waals surface area contributed by atoms with Gasteiger partial charge in [-0.15, -0.1) is 0 Å². The number of carbonyl (C=O) groups excluding carboxylic acids is 1. The van der Waals surface area contributed by atoms with Gasteiger partial charge in [-0.3, -0.25) is 4.89 Å². The molecular weight excluding hydrogens is 221 g/mol. The van der Waals surface area contributed by atoms with E-state index in [-0.39, 0.29) is 11.9 Å². The number of amides is 1. The summed E-state index contributed by atoms with van der Waals surface area (Å²) < 4.78 is 5.32. The van der Waals surface area contributed by atoms with E-state index in [2.05, 4.69) is 6.08 Å². The second-order valence-corrected chi connectivity index (χ2v) is 5.41. The average Bonchev–Trinajstić information content (AvgIpc) is 2.86. The van der Waals surface area contributed by atoms with E-state index < -0.39 is 5.60 Å². The van der Waals surface area contributed by atoms with Crippen molar-refractivity contribution in [2.24, 2.45) is 0 Å². The van der Waals surface area contributed by atoms with Gasteiger partial charge in [-0.1, -0.05) is 11.6 Å². The SMILES string of the molecule is CC(C)(C)OC(=O)N1CC=C(C2BOOC2)C1. The lowest BCUT2D eigenvalue weighted by molar-refractivity contribution is -0.182. The molecule has 0 spiro atoms. The summed E-state index contributed by atoms with van der Waals surface area (Å²) in [5, 5.41) is 0. The molecule has 1 amide bonds. The molecule has 5 nitrogen and oxygen atoms in total. The Balaban J connectivity index is 1.85. The molecule has 0 saturated carbocycles. The minimum Gasteiger partial charge on any atom is -0.444 e. The van der Waals surface area contributed by atoms with Crippen molar-refractivity contribution in [1.82, 2.24) is 4.90 Å². The Labute approximate surface area is 102 Å². The van der Waals surface area contributed by atoms with Crippen molar-refractivity contribution in [2.45, 2.75) is 32.2 Å². The van der Waals surface area contributed by atoms with E-state index in [0.717, 1.165) is 0 Å². The summed E-state index contributed by atoms with van der Waals surface area (Å²) in [6.45, 7) is 7.41. The standard InChI is InChI=1S/C11H18BNO4/c1-11(2,3)16-10(14)13-5-4-8(6-13)9-7-15-17-12-9/h4,9,12H,5-7H2,1-3H3. The van der Waals surface area contributed by atoms with Gasteiger partial charge in [-0.05, 0) is 20.8 Å². The van der Waals surface area contributed by atoms with Crippen LogP contribution in [0.15, 0.2) is 11.6 Å². The van der Waals surface area contributed by atoms with Gasteiger partial charge in [0.15, 0.2) is 0 Å². The summed E-state index contributed by atoms with van der Waals surface area (Å²) in [6, 6.07) is 0. The summed E-state index contributed by atoms with van der Waals surface area (Å²) in [5.74, 6) is 0.280. The van der Waals surface area contributed by atoms with E-state index in [1.54, 1.807) is 4.90 Å².